The molecule has 0 bridgehead atoms. The number of aromatic nitrogens is 3. The SMILES string of the molecule is Nc1ncc(-c2cccnc2Cl)[nH]1. The lowest BCUT2D eigenvalue weighted by molar-refractivity contribution is 1.30. The Labute approximate surface area is 79.8 Å². The maximum Gasteiger partial charge on any atom is 0.197 e. The molecule has 2 aromatic rings. The maximum atomic E-state index is 5.87. The van der Waals surface area contributed by atoms with E-state index < -0.39 is 0 Å². The first-order chi connectivity index (χ1) is 6.27. The number of H-pyrrole nitrogens is 1. The summed E-state index contributed by atoms with van der Waals surface area (Å²) in [7, 11) is 0. The van der Waals surface area contributed by atoms with Gasteiger partial charge in [0, 0.05) is 11.8 Å². The molecule has 0 saturated carbocycles. The van der Waals surface area contributed by atoms with Crippen molar-refractivity contribution < 1.29 is 0 Å². The van der Waals surface area contributed by atoms with Gasteiger partial charge in [-0.05, 0) is 12.1 Å². The monoisotopic (exact) mass is 194 g/mol. The molecule has 0 fully saturated rings. The van der Waals surface area contributed by atoms with Crippen LogP contribution in [0.1, 0.15) is 0 Å². The number of hydrogen-bond donors (Lipinski definition) is 2. The van der Waals surface area contributed by atoms with Crippen LogP contribution in [0.2, 0.25) is 5.15 Å². The Hall–Kier alpha value is -1.55. The van der Waals surface area contributed by atoms with Crippen LogP contribution < -0.4 is 5.73 Å². The van der Waals surface area contributed by atoms with E-state index in [1.807, 2.05) is 6.07 Å². The molecule has 0 radical (unpaired) electrons. The molecule has 0 unspecified atom stereocenters. The van der Waals surface area contributed by atoms with Crippen molar-refractivity contribution in [2.45, 2.75) is 0 Å². The predicted molar refractivity (Wildman–Crippen MR) is 51.2 cm³/mol. The van der Waals surface area contributed by atoms with Crippen molar-refractivity contribution >= 4 is 17.5 Å². The molecule has 5 heteroatoms. The lowest BCUT2D eigenvalue weighted by Crippen LogP contribution is -1.86. The Balaban J connectivity index is 2.52. The van der Waals surface area contributed by atoms with Crippen LogP contribution in [-0.4, -0.2) is 15.0 Å². The summed E-state index contributed by atoms with van der Waals surface area (Å²) in [5, 5.41) is 0.436. The van der Waals surface area contributed by atoms with Gasteiger partial charge < -0.3 is 10.7 Å². The minimum atomic E-state index is 0.370. The molecule has 0 atom stereocenters. The molecule has 0 aliphatic heterocycles. The Kier molecular flexibility index (Phi) is 1.90. The van der Waals surface area contributed by atoms with E-state index in [4.69, 9.17) is 17.3 Å². The number of nitrogens with two attached hydrogens (primary N) is 1. The molecule has 3 N–H and O–H groups in total. The zero-order valence-corrected chi connectivity index (χ0v) is 7.42. The van der Waals surface area contributed by atoms with Crippen LogP contribution in [0.4, 0.5) is 5.95 Å². The van der Waals surface area contributed by atoms with Gasteiger partial charge in [0.05, 0.1) is 11.9 Å². The molecule has 0 aromatic carbocycles. The Morgan fingerprint density at radius 2 is 2.23 bits per heavy atom. The highest BCUT2D eigenvalue weighted by atomic mass is 35.5. The number of hydrogen-bond acceptors (Lipinski definition) is 3. The van der Waals surface area contributed by atoms with Gasteiger partial charge in [-0.15, -0.1) is 0 Å². The fraction of sp³-hybridized carbons (Fsp3) is 0. The summed E-state index contributed by atoms with van der Waals surface area (Å²) in [5.41, 5.74) is 7.01. The zero-order chi connectivity index (χ0) is 9.26. The highest BCUT2D eigenvalue weighted by Crippen LogP contribution is 2.23. The van der Waals surface area contributed by atoms with E-state index >= 15 is 0 Å². The fourth-order valence-electron chi connectivity index (χ4n) is 1.06. The predicted octanol–water partition coefficient (Wildman–Crippen LogP) is 1.71. The summed E-state index contributed by atoms with van der Waals surface area (Å²) in [6.45, 7) is 0. The number of pyridine rings is 1. The van der Waals surface area contributed by atoms with Crippen LogP contribution in [-0.2, 0) is 0 Å². The molecular formula is C8H7ClN4. The van der Waals surface area contributed by atoms with Gasteiger partial charge >= 0.3 is 0 Å². The molecule has 0 aliphatic rings. The lowest BCUT2D eigenvalue weighted by Gasteiger charge is -1.97. The first-order valence-corrected chi connectivity index (χ1v) is 4.06. The summed E-state index contributed by atoms with van der Waals surface area (Å²) in [6, 6.07) is 3.65. The average molecular weight is 195 g/mol. The van der Waals surface area contributed by atoms with Crippen molar-refractivity contribution in [2.24, 2.45) is 0 Å². The topological polar surface area (TPSA) is 67.6 Å². The molecule has 0 amide bonds. The summed E-state index contributed by atoms with van der Waals surface area (Å²) in [4.78, 5) is 10.7. The second-order valence-electron chi connectivity index (χ2n) is 2.52. The largest absolute Gasteiger partial charge is 0.369 e. The molecular weight excluding hydrogens is 188 g/mol. The van der Waals surface area contributed by atoms with Gasteiger partial charge in [0.2, 0.25) is 0 Å². The number of anilines is 1. The summed E-state index contributed by atoms with van der Waals surface area (Å²) in [6.07, 6.45) is 3.25. The third-order valence-electron chi connectivity index (χ3n) is 1.64. The van der Waals surface area contributed by atoms with E-state index in [1.165, 1.54) is 0 Å². The summed E-state index contributed by atoms with van der Waals surface area (Å²) >= 11 is 5.87. The average Bonchev–Trinajstić information content (AvgIpc) is 2.53. The minimum Gasteiger partial charge on any atom is -0.369 e. The molecule has 0 saturated heterocycles. The van der Waals surface area contributed by atoms with E-state index in [0.29, 0.717) is 11.1 Å². The molecule has 0 spiro atoms. The van der Waals surface area contributed by atoms with Crippen LogP contribution >= 0.6 is 11.6 Å². The van der Waals surface area contributed by atoms with Gasteiger partial charge in [-0.3, -0.25) is 0 Å². The Morgan fingerprint density at radius 3 is 2.85 bits per heavy atom. The lowest BCUT2D eigenvalue weighted by atomic mass is 10.2. The standard InChI is InChI=1S/C8H7ClN4/c9-7-5(2-1-3-11-7)6-4-12-8(10)13-6/h1-4H,(H3,10,12,13). The minimum absolute atomic E-state index is 0.370. The van der Waals surface area contributed by atoms with Crippen molar-refractivity contribution in [3.05, 3.63) is 29.7 Å². The van der Waals surface area contributed by atoms with Gasteiger partial charge in [-0.1, -0.05) is 11.6 Å². The number of halogens is 1. The smallest absolute Gasteiger partial charge is 0.197 e. The van der Waals surface area contributed by atoms with E-state index in [9.17, 15) is 0 Å². The normalized spacial score (nSPS) is 10.2. The van der Waals surface area contributed by atoms with Crippen molar-refractivity contribution in [1.29, 1.82) is 0 Å². The van der Waals surface area contributed by atoms with Crippen LogP contribution in [0.25, 0.3) is 11.3 Å². The van der Waals surface area contributed by atoms with E-state index in [2.05, 4.69) is 15.0 Å². The van der Waals surface area contributed by atoms with E-state index in [-0.39, 0.29) is 0 Å². The quantitative estimate of drug-likeness (QED) is 0.679. The number of aromatic amines is 1. The van der Waals surface area contributed by atoms with Gasteiger partial charge in [0.1, 0.15) is 5.15 Å². The molecule has 2 rings (SSSR count). The van der Waals surface area contributed by atoms with Crippen molar-refractivity contribution in [2.75, 3.05) is 5.73 Å². The summed E-state index contributed by atoms with van der Waals surface area (Å²) in [5.74, 6) is 0.370. The number of nitrogen functional groups attached to an aromatic ring is 1. The second-order valence-corrected chi connectivity index (χ2v) is 2.88. The Morgan fingerprint density at radius 1 is 1.38 bits per heavy atom. The fourth-order valence-corrected chi connectivity index (χ4v) is 1.28. The molecule has 2 heterocycles. The zero-order valence-electron chi connectivity index (χ0n) is 6.66. The van der Waals surface area contributed by atoms with Crippen LogP contribution in [0.15, 0.2) is 24.5 Å². The molecule has 0 aliphatic carbocycles. The van der Waals surface area contributed by atoms with Crippen LogP contribution in [0.5, 0.6) is 0 Å². The maximum absolute atomic E-state index is 5.87. The Bertz CT molecular complexity index is 424. The molecule has 66 valence electrons. The number of imidazole rings is 1. The first-order valence-electron chi connectivity index (χ1n) is 3.69. The van der Waals surface area contributed by atoms with Crippen LogP contribution in [0.3, 0.4) is 0 Å². The van der Waals surface area contributed by atoms with Crippen LogP contribution in [0, 0.1) is 0 Å². The van der Waals surface area contributed by atoms with Gasteiger partial charge in [0.25, 0.3) is 0 Å². The number of rotatable bonds is 1. The number of nitrogens with one attached hydrogen (secondary N) is 1. The highest BCUT2D eigenvalue weighted by molar-refractivity contribution is 6.32. The van der Waals surface area contributed by atoms with Gasteiger partial charge in [0.15, 0.2) is 5.95 Å². The number of nitrogens with zero attached hydrogens (tertiary/aromatic N) is 2. The van der Waals surface area contributed by atoms with Gasteiger partial charge in [-0.2, -0.15) is 0 Å². The molecule has 2 aromatic heterocycles. The third-order valence-corrected chi connectivity index (χ3v) is 1.95. The van der Waals surface area contributed by atoms with E-state index in [0.717, 1.165) is 11.3 Å². The van der Waals surface area contributed by atoms with Crippen molar-refractivity contribution in [1.82, 2.24) is 15.0 Å². The van der Waals surface area contributed by atoms with Gasteiger partial charge in [-0.25, -0.2) is 9.97 Å². The third kappa shape index (κ3) is 1.48. The molecule has 4 nitrogen and oxygen atoms in total. The first kappa shape index (κ1) is 8.07. The molecule has 13 heavy (non-hydrogen) atoms. The summed E-state index contributed by atoms with van der Waals surface area (Å²) < 4.78 is 0. The van der Waals surface area contributed by atoms with Crippen molar-refractivity contribution in [3.8, 4) is 11.3 Å². The second kappa shape index (κ2) is 3.06. The van der Waals surface area contributed by atoms with Crippen molar-refractivity contribution in [3.63, 3.8) is 0 Å². The highest BCUT2D eigenvalue weighted by Gasteiger charge is 2.05. The van der Waals surface area contributed by atoms with E-state index in [1.54, 1.807) is 18.5 Å².